The van der Waals surface area contributed by atoms with E-state index in [4.69, 9.17) is 0 Å². The van der Waals surface area contributed by atoms with Gasteiger partial charge in [-0.2, -0.15) is 0 Å². The summed E-state index contributed by atoms with van der Waals surface area (Å²) in [5.74, 6) is 0. The van der Waals surface area contributed by atoms with Crippen molar-refractivity contribution in [3.63, 3.8) is 0 Å². The van der Waals surface area contributed by atoms with E-state index < -0.39 is 8.07 Å². The van der Waals surface area contributed by atoms with E-state index in [0.29, 0.717) is 0 Å². The van der Waals surface area contributed by atoms with E-state index >= 15 is 0 Å². The zero-order chi connectivity index (χ0) is 30.5. The molecule has 1 aliphatic rings. The van der Waals surface area contributed by atoms with E-state index in [1.807, 2.05) is 11.3 Å². The lowest BCUT2D eigenvalue weighted by Gasteiger charge is -2.31. The lowest BCUT2D eigenvalue weighted by molar-refractivity contribution is 1.62. The molecule has 0 saturated carbocycles. The summed E-state index contributed by atoms with van der Waals surface area (Å²) in [6.45, 7) is 0. The summed E-state index contributed by atoms with van der Waals surface area (Å²) in [6.07, 6.45) is 0. The van der Waals surface area contributed by atoms with Gasteiger partial charge < -0.3 is 0 Å². The normalized spacial score (nSPS) is 13.0. The molecule has 0 amide bonds. The number of benzene rings is 7. The van der Waals surface area contributed by atoms with Crippen molar-refractivity contribution >= 4 is 50.9 Å². The highest BCUT2D eigenvalue weighted by Gasteiger charge is 2.49. The number of fused-ring (bicyclic) bond motifs is 4. The maximum atomic E-state index is 2.42. The molecule has 0 spiro atoms. The fourth-order valence-electron chi connectivity index (χ4n) is 7.66. The van der Waals surface area contributed by atoms with Gasteiger partial charge in [-0.1, -0.05) is 176 Å². The highest BCUT2D eigenvalue weighted by Crippen LogP contribution is 2.47. The molecule has 0 atom stereocenters. The first-order chi connectivity index (χ1) is 22.8. The Balaban J connectivity index is 1.32. The van der Waals surface area contributed by atoms with Gasteiger partial charge in [0.1, 0.15) is 0 Å². The van der Waals surface area contributed by atoms with Crippen LogP contribution in [0.1, 0.15) is 0 Å². The van der Waals surface area contributed by atoms with Gasteiger partial charge in [0, 0.05) is 26.1 Å². The van der Waals surface area contributed by atoms with Crippen LogP contribution in [0.15, 0.2) is 182 Å². The Hall–Kier alpha value is -5.28. The Kier molecular flexibility index (Phi) is 6.45. The average molecular weight is 619 g/mol. The highest BCUT2D eigenvalue weighted by molar-refractivity contribution is 7.23. The summed E-state index contributed by atoms with van der Waals surface area (Å²) in [5, 5.41) is 8.45. The van der Waals surface area contributed by atoms with Crippen molar-refractivity contribution in [2.45, 2.75) is 0 Å². The van der Waals surface area contributed by atoms with Gasteiger partial charge in [-0.3, -0.25) is 0 Å². The van der Waals surface area contributed by atoms with Gasteiger partial charge in [0.15, 0.2) is 8.07 Å². The van der Waals surface area contributed by atoms with Crippen LogP contribution in [-0.4, -0.2) is 8.07 Å². The van der Waals surface area contributed by atoms with Crippen LogP contribution in [0.4, 0.5) is 0 Å². The van der Waals surface area contributed by atoms with Gasteiger partial charge in [0.05, 0.1) is 0 Å². The standard InChI is InChI=1S/C44H30SSi/c1-4-16-31(17-5-1)32-18-14-19-33(30-32)43-36-24-10-11-25-37(36)44(45-43)39-27-15-29-41-42(39)38-26-12-13-28-40(38)46(41,34-20-6-2-7-21-34)35-22-8-3-9-23-35/h1-30H. The molecule has 46 heavy (non-hydrogen) atoms. The molecule has 9 rings (SSSR count). The molecule has 0 saturated heterocycles. The van der Waals surface area contributed by atoms with Crippen LogP contribution < -0.4 is 20.7 Å². The fourth-order valence-corrected chi connectivity index (χ4v) is 14.2. The lowest BCUT2D eigenvalue weighted by Crippen LogP contribution is -2.72. The molecule has 8 aromatic rings. The van der Waals surface area contributed by atoms with Gasteiger partial charge in [0.25, 0.3) is 0 Å². The third-order valence-corrected chi connectivity index (χ3v) is 15.8. The molecule has 2 heteroatoms. The zero-order valence-corrected chi connectivity index (χ0v) is 27.0. The van der Waals surface area contributed by atoms with Gasteiger partial charge in [-0.05, 0) is 54.6 Å². The van der Waals surface area contributed by atoms with E-state index in [2.05, 4.69) is 182 Å². The quantitative estimate of drug-likeness (QED) is 0.169. The Morgan fingerprint density at radius 3 is 1.57 bits per heavy atom. The summed E-state index contributed by atoms with van der Waals surface area (Å²) in [6, 6.07) is 67.5. The number of hydrogen-bond acceptors (Lipinski definition) is 1. The molecule has 1 aromatic heterocycles. The second-order valence-electron chi connectivity index (χ2n) is 12.0. The third-order valence-electron chi connectivity index (χ3n) is 9.58. The van der Waals surface area contributed by atoms with E-state index in [-0.39, 0.29) is 0 Å². The molecule has 1 aliphatic heterocycles. The number of rotatable bonds is 5. The second kappa shape index (κ2) is 11.0. The van der Waals surface area contributed by atoms with Crippen molar-refractivity contribution in [3.05, 3.63) is 182 Å². The van der Waals surface area contributed by atoms with Crippen molar-refractivity contribution in [2.75, 3.05) is 0 Å². The van der Waals surface area contributed by atoms with Crippen molar-refractivity contribution in [2.24, 2.45) is 0 Å². The van der Waals surface area contributed by atoms with E-state index in [0.717, 1.165) is 0 Å². The van der Waals surface area contributed by atoms with Crippen molar-refractivity contribution in [1.82, 2.24) is 0 Å². The molecule has 0 N–H and O–H groups in total. The van der Waals surface area contributed by atoms with Crippen LogP contribution in [0.5, 0.6) is 0 Å². The van der Waals surface area contributed by atoms with Gasteiger partial charge in [0.2, 0.25) is 0 Å². The number of hydrogen-bond donors (Lipinski definition) is 0. The largest absolute Gasteiger partial charge is 0.180 e. The average Bonchev–Trinajstić information content (AvgIpc) is 3.68. The first-order valence-corrected chi connectivity index (χ1v) is 18.7. The zero-order valence-electron chi connectivity index (χ0n) is 25.2. The third kappa shape index (κ3) is 4.04. The summed E-state index contributed by atoms with van der Waals surface area (Å²) < 4.78 is 0. The molecular weight excluding hydrogens is 589 g/mol. The molecule has 0 unspecified atom stereocenters. The van der Waals surface area contributed by atoms with Crippen LogP contribution in [0.2, 0.25) is 0 Å². The topological polar surface area (TPSA) is 0 Å². The lowest BCUT2D eigenvalue weighted by atomic mass is 9.96. The first-order valence-electron chi connectivity index (χ1n) is 15.9. The van der Waals surface area contributed by atoms with Gasteiger partial charge in [-0.25, -0.2) is 0 Å². The minimum Gasteiger partial charge on any atom is -0.134 e. The Labute approximate surface area is 274 Å². The molecular formula is C44H30SSi. The molecule has 2 heterocycles. The molecule has 7 aromatic carbocycles. The van der Waals surface area contributed by atoms with Crippen LogP contribution in [-0.2, 0) is 0 Å². The summed E-state index contributed by atoms with van der Waals surface area (Å²) >= 11 is 1.93. The van der Waals surface area contributed by atoms with Crippen LogP contribution in [0.25, 0.3) is 53.9 Å². The molecule has 0 bridgehead atoms. The predicted molar refractivity (Wildman–Crippen MR) is 201 cm³/mol. The van der Waals surface area contributed by atoms with E-state index in [1.54, 1.807) is 0 Å². The van der Waals surface area contributed by atoms with Gasteiger partial charge >= 0.3 is 0 Å². The maximum Gasteiger partial charge on any atom is 0.180 e. The molecule has 216 valence electrons. The maximum absolute atomic E-state index is 2.56. The summed E-state index contributed by atoms with van der Waals surface area (Å²) in [5.41, 5.74) is 7.85. The Bertz CT molecular complexity index is 2310. The van der Waals surface area contributed by atoms with Crippen LogP contribution >= 0.6 is 11.3 Å². The Morgan fingerprint density at radius 2 is 0.848 bits per heavy atom. The molecule has 0 radical (unpaired) electrons. The minimum atomic E-state index is -2.56. The molecule has 0 nitrogen and oxygen atoms in total. The van der Waals surface area contributed by atoms with E-state index in [9.17, 15) is 0 Å². The van der Waals surface area contributed by atoms with Gasteiger partial charge in [-0.15, -0.1) is 11.3 Å². The monoisotopic (exact) mass is 618 g/mol. The minimum absolute atomic E-state index is 1.24. The summed E-state index contributed by atoms with van der Waals surface area (Å²) in [4.78, 5) is 2.66. The van der Waals surface area contributed by atoms with Crippen molar-refractivity contribution in [1.29, 1.82) is 0 Å². The van der Waals surface area contributed by atoms with Crippen LogP contribution in [0.3, 0.4) is 0 Å². The molecule has 0 fully saturated rings. The van der Waals surface area contributed by atoms with E-state index in [1.165, 1.54) is 74.7 Å². The predicted octanol–water partition coefficient (Wildman–Crippen LogP) is 9.26. The van der Waals surface area contributed by atoms with Crippen molar-refractivity contribution in [3.8, 4) is 43.1 Å². The SMILES string of the molecule is c1ccc(-c2cccc(-c3sc(-c4cccc5c4-c4ccccc4[Si]5(c4ccccc4)c4ccccc4)c4ccccc34)c2)cc1. The second-order valence-corrected chi connectivity index (χ2v) is 16.8. The Morgan fingerprint density at radius 1 is 0.348 bits per heavy atom. The first kappa shape index (κ1) is 27.1. The summed E-state index contributed by atoms with van der Waals surface area (Å²) in [7, 11) is -2.56. The highest BCUT2D eigenvalue weighted by atomic mass is 32.1. The smallest absolute Gasteiger partial charge is 0.134 e. The van der Waals surface area contributed by atoms with Crippen LogP contribution in [0, 0.1) is 0 Å². The fraction of sp³-hybridized carbons (Fsp3) is 0. The number of thiophene rings is 1. The van der Waals surface area contributed by atoms with Crippen molar-refractivity contribution < 1.29 is 0 Å². The molecule has 0 aliphatic carbocycles.